The Bertz CT molecular complexity index is 623. The van der Waals surface area contributed by atoms with E-state index in [9.17, 15) is 8.42 Å². The van der Waals surface area contributed by atoms with Crippen LogP contribution in [0.2, 0.25) is 0 Å². The fourth-order valence-corrected chi connectivity index (χ4v) is 4.06. The van der Waals surface area contributed by atoms with Crippen molar-refractivity contribution in [3.8, 4) is 0 Å². The fourth-order valence-electron chi connectivity index (χ4n) is 1.50. The fraction of sp³-hybridized carbons (Fsp3) is 0.182. The molecule has 0 spiro atoms. The number of hydrogen-bond donors (Lipinski definition) is 1. The number of aromatic nitrogens is 1. The van der Waals surface area contributed by atoms with Crippen LogP contribution in [0.3, 0.4) is 0 Å². The lowest BCUT2D eigenvalue weighted by Crippen LogP contribution is -2.17. The van der Waals surface area contributed by atoms with Gasteiger partial charge in [-0.05, 0) is 12.1 Å². The molecule has 1 N–H and O–H groups in total. The smallest absolute Gasteiger partial charge is 0.233 e. The number of anilines is 1. The Morgan fingerprint density at radius 1 is 1.24 bits per heavy atom. The van der Waals surface area contributed by atoms with E-state index in [0.717, 1.165) is 10.9 Å². The molecule has 0 saturated carbocycles. The van der Waals surface area contributed by atoms with Crippen molar-refractivity contribution in [1.82, 2.24) is 4.98 Å². The lowest BCUT2D eigenvalue weighted by Gasteiger charge is -2.09. The average molecular weight is 362 g/mol. The van der Waals surface area contributed by atoms with Gasteiger partial charge in [-0.15, -0.1) is 0 Å². The van der Waals surface area contributed by atoms with Crippen molar-refractivity contribution < 1.29 is 8.42 Å². The normalized spacial score (nSPS) is 11.6. The quantitative estimate of drug-likeness (QED) is 0.671. The van der Waals surface area contributed by atoms with E-state index in [1.165, 1.54) is 0 Å². The molecule has 2 aromatic rings. The maximum atomic E-state index is 11.7. The van der Waals surface area contributed by atoms with Crippen molar-refractivity contribution in [3.05, 3.63) is 36.5 Å². The molecule has 2 rings (SSSR count). The van der Waals surface area contributed by atoms with Crippen LogP contribution in [0.25, 0.3) is 10.9 Å². The highest BCUT2D eigenvalue weighted by molar-refractivity contribution is 14.1. The molecule has 0 unspecified atom stereocenters. The van der Waals surface area contributed by atoms with Crippen molar-refractivity contribution in [2.75, 3.05) is 14.9 Å². The third-order valence-electron chi connectivity index (χ3n) is 2.26. The Kier molecular flexibility index (Phi) is 3.82. The number of halogens is 1. The molecule has 90 valence electrons. The SMILES string of the molecule is O=S(=O)(CCI)Nc1ccnc2ccccc12. The van der Waals surface area contributed by atoms with Crippen LogP contribution in [0.4, 0.5) is 5.69 Å². The van der Waals surface area contributed by atoms with Gasteiger partial charge in [-0.1, -0.05) is 40.8 Å². The van der Waals surface area contributed by atoms with E-state index in [1.54, 1.807) is 12.3 Å². The minimum absolute atomic E-state index is 0.115. The number of para-hydroxylation sites is 1. The van der Waals surface area contributed by atoms with E-state index in [4.69, 9.17) is 0 Å². The highest BCUT2D eigenvalue weighted by Gasteiger charge is 2.11. The summed E-state index contributed by atoms with van der Waals surface area (Å²) in [6.45, 7) is 0. The number of pyridine rings is 1. The van der Waals surface area contributed by atoms with Crippen LogP contribution >= 0.6 is 22.6 Å². The summed E-state index contributed by atoms with van der Waals surface area (Å²) >= 11 is 2.04. The lowest BCUT2D eigenvalue weighted by molar-refractivity contribution is 0.603. The van der Waals surface area contributed by atoms with Crippen LogP contribution in [0.5, 0.6) is 0 Å². The average Bonchev–Trinajstić information content (AvgIpc) is 2.29. The van der Waals surface area contributed by atoms with Crippen LogP contribution in [-0.2, 0) is 10.0 Å². The predicted octanol–water partition coefficient (Wildman–Crippen LogP) is 2.41. The van der Waals surface area contributed by atoms with Crippen molar-refractivity contribution in [3.63, 3.8) is 0 Å². The van der Waals surface area contributed by atoms with E-state index in [2.05, 4.69) is 9.71 Å². The van der Waals surface area contributed by atoms with E-state index in [-0.39, 0.29) is 5.75 Å². The zero-order chi connectivity index (χ0) is 12.3. The monoisotopic (exact) mass is 362 g/mol. The second-order valence-electron chi connectivity index (χ2n) is 3.49. The van der Waals surface area contributed by atoms with Crippen LogP contribution in [0.15, 0.2) is 36.5 Å². The van der Waals surface area contributed by atoms with Crippen LogP contribution in [0.1, 0.15) is 0 Å². The van der Waals surface area contributed by atoms with Gasteiger partial charge in [0.25, 0.3) is 0 Å². The Balaban J connectivity index is 2.43. The second-order valence-corrected chi connectivity index (χ2v) is 6.41. The molecule has 0 atom stereocenters. The number of nitrogens with one attached hydrogen (secondary N) is 1. The molecule has 0 radical (unpaired) electrons. The Hall–Kier alpha value is -0.890. The van der Waals surface area contributed by atoms with Gasteiger partial charge in [0.15, 0.2) is 0 Å². The Labute approximate surface area is 114 Å². The van der Waals surface area contributed by atoms with Crippen LogP contribution < -0.4 is 4.72 Å². The summed E-state index contributed by atoms with van der Waals surface area (Å²) < 4.78 is 26.6. The molecule has 0 bridgehead atoms. The molecule has 0 saturated heterocycles. The standard InChI is InChI=1S/C11H11IN2O2S/c12-6-8-17(15,16)14-11-5-7-13-10-4-2-1-3-9(10)11/h1-5,7H,6,8H2,(H,13,14). The highest BCUT2D eigenvalue weighted by Crippen LogP contribution is 2.21. The molecule has 0 amide bonds. The van der Waals surface area contributed by atoms with Gasteiger partial charge in [-0.2, -0.15) is 0 Å². The molecule has 4 nitrogen and oxygen atoms in total. The third kappa shape index (κ3) is 3.06. The number of nitrogens with zero attached hydrogens (tertiary/aromatic N) is 1. The number of sulfonamides is 1. The van der Waals surface area contributed by atoms with Gasteiger partial charge in [0.2, 0.25) is 10.0 Å². The van der Waals surface area contributed by atoms with Crippen molar-refractivity contribution in [1.29, 1.82) is 0 Å². The third-order valence-corrected chi connectivity index (χ3v) is 4.80. The number of rotatable bonds is 4. The first-order valence-corrected chi connectivity index (χ1v) is 8.20. The molecule has 17 heavy (non-hydrogen) atoms. The zero-order valence-corrected chi connectivity index (χ0v) is 11.9. The van der Waals surface area contributed by atoms with Crippen molar-refractivity contribution >= 4 is 49.2 Å². The molecule has 0 aliphatic heterocycles. The maximum absolute atomic E-state index is 11.7. The van der Waals surface area contributed by atoms with E-state index >= 15 is 0 Å². The van der Waals surface area contributed by atoms with Gasteiger partial charge in [-0.3, -0.25) is 9.71 Å². The summed E-state index contributed by atoms with van der Waals surface area (Å²) in [5, 5.41) is 0.812. The summed E-state index contributed by atoms with van der Waals surface area (Å²) in [6.07, 6.45) is 1.60. The van der Waals surface area contributed by atoms with Gasteiger partial charge in [0.1, 0.15) is 0 Å². The molecule has 1 aromatic carbocycles. The van der Waals surface area contributed by atoms with Crippen LogP contribution in [-0.4, -0.2) is 23.6 Å². The van der Waals surface area contributed by atoms with E-state index in [0.29, 0.717) is 10.1 Å². The number of fused-ring (bicyclic) bond motifs is 1. The summed E-state index contributed by atoms with van der Waals surface area (Å²) in [5.41, 5.74) is 1.36. The van der Waals surface area contributed by atoms with Gasteiger partial charge in [-0.25, -0.2) is 8.42 Å². The molecule has 6 heteroatoms. The first-order valence-electron chi connectivity index (χ1n) is 5.02. The minimum Gasteiger partial charge on any atom is -0.283 e. The lowest BCUT2D eigenvalue weighted by atomic mass is 10.2. The Morgan fingerprint density at radius 3 is 2.76 bits per heavy atom. The molecule has 1 aromatic heterocycles. The molecule has 0 fully saturated rings. The van der Waals surface area contributed by atoms with Gasteiger partial charge < -0.3 is 0 Å². The molecular formula is C11H11IN2O2S. The summed E-state index contributed by atoms with van der Waals surface area (Å²) in [5.74, 6) is 0.115. The molecule has 0 aliphatic carbocycles. The first kappa shape index (κ1) is 12.6. The summed E-state index contributed by atoms with van der Waals surface area (Å²) in [4.78, 5) is 4.18. The second kappa shape index (κ2) is 5.18. The van der Waals surface area contributed by atoms with Gasteiger partial charge in [0.05, 0.1) is 17.0 Å². The van der Waals surface area contributed by atoms with Crippen molar-refractivity contribution in [2.45, 2.75) is 0 Å². The van der Waals surface area contributed by atoms with Gasteiger partial charge >= 0.3 is 0 Å². The first-order chi connectivity index (χ1) is 8.12. The highest BCUT2D eigenvalue weighted by atomic mass is 127. The topological polar surface area (TPSA) is 59.1 Å². The predicted molar refractivity (Wildman–Crippen MR) is 78.0 cm³/mol. The molecular weight excluding hydrogens is 351 g/mol. The van der Waals surface area contributed by atoms with Crippen molar-refractivity contribution in [2.24, 2.45) is 0 Å². The van der Waals surface area contributed by atoms with E-state index in [1.807, 2.05) is 46.9 Å². The maximum Gasteiger partial charge on any atom is 0.233 e. The van der Waals surface area contributed by atoms with Crippen LogP contribution in [0, 0.1) is 0 Å². The summed E-state index contributed by atoms with van der Waals surface area (Å²) in [6, 6.07) is 9.11. The molecule has 1 heterocycles. The number of alkyl halides is 1. The summed E-state index contributed by atoms with van der Waals surface area (Å²) in [7, 11) is -3.26. The van der Waals surface area contributed by atoms with E-state index < -0.39 is 10.0 Å². The number of benzene rings is 1. The number of hydrogen-bond acceptors (Lipinski definition) is 3. The van der Waals surface area contributed by atoms with Gasteiger partial charge in [0, 0.05) is 16.0 Å². The minimum atomic E-state index is -3.26. The zero-order valence-electron chi connectivity index (χ0n) is 8.93. The largest absolute Gasteiger partial charge is 0.283 e. The molecule has 0 aliphatic rings. The Morgan fingerprint density at radius 2 is 2.00 bits per heavy atom.